The van der Waals surface area contributed by atoms with Gasteiger partial charge in [0.05, 0.1) is 23.1 Å². The van der Waals surface area contributed by atoms with Crippen LogP contribution in [0.1, 0.15) is 29.3 Å². The average molecular weight is 432 g/mol. The molecule has 0 bridgehead atoms. The molecule has 0 radical (unpaired) electrons. The molecule has 4 rings (SSSR count). The molecule has 0 saturated carbocycles. The SMILES string of the molecule is Cc1cc(C)n(-c2ccc(CCNC(=O)CCc3ncc(-c4ccccc4F)o3)cc2)n1. The van der Waals surface area contributed by atoms with Gasteiger partial charge in [-0.15, -0.1) is 0 Å². The van der Waals surface area contributed by atoms with E-state index in [1.54, 1.807) is 18.2 Å². The Kier molecular flexibility index (Phi) is 6.44. The smallest absolute Gasteiger partial charge is 0.220 e. The van der Waals surface area contributed by atoms with Gasteiger partial charge in [0, 0.05) is 25.1 Å². The number of carbonyl (C=O) groups is 1. The summed E-state index contributed by atoms with van der Waals surface area (Å²) in [5.41, 5.74) is 4.60. The number of benzene rings is 2. The van der Waals surface area contributed by atoms with Crippen LogP contribution in [-0.2, 0) is 17.6 Å². The third-order valence-corrected chi connectivity index (χ3v) is 5.19. The van der Waals surface area contributed by atoms with E-state index in [0.29, 0.717) is 30.2 Å². The van der Waals surface area contributed by atoms with Crippen molar-refractivity contribution in [3.8, 4) is 17.0 Å². The molecule has 7 heteroatoms. The van der Waals surface area contributed by atoms with Gasteiger partial charge in [-0.3, -0.25) is 4.79 Å². The van der Waals surface area contributed by atoms with Gasteiger partial charge >= 0.3 is 0 Å². The standard InChI is InChI=1S/C25H25FN4O2/c1-17-15-18(2)30(29-17)20-9-7-19(8-10-20)13-14-27-24(31)11-12-25-28-16-23(32-25)21-5-3-4-6-22(21)26/h3-10,15-16H,11-14H2,1-2H3,(H,27,31). The van der Waals surface area contributed by atoms with E-state index in [1.807, 2.05) is 36.7 Å². The maximum Gasteiger partial charge on any atom is 0.220 e. The number of rotatable bonds is 8. The summed E-state index contributed by atoms with van der Waals surface area (Å²) in [5, 5.41) is 7.41. The second kappa shape index (κ2) is 9.60. The van der Waals surface area contributed by atoms with Crippen molar-refractivity contribution in [3.63, 3.8) is 0 Å². The summed E-state index contributed by atoms with van der Waals surface area (Å²) in [4.78, 5) is 16.3. The molecule has 164 valence electrons. The Morgan fingerprint density at radius 1 is 1.09 bits per heavy atom. The van der Waals surface area contributed by atoms with Crippen LogP contribution in [0.3, 0.4) is 0 Å². The van der Waals surface area contributed by atoms with E-state index >= 15 is 0 Å². The largest absolute Gasteiger partial charge is 0.441 e. The highest BCUT2D eigenvalue weighted by molar-refractivity contribution is 5.76. The predicted octanol–water partition coefficient (Wildman–Crippen LogP) is 4.57. The first-order chi connectivity index (χ1) is 15.5. The Labute approximate surface area is 186 Å². The van der Waals surface area contributed by atoms with E-state index in [4.69, 9.17) is 4.42 Å². The summed E-state index contributed by atoms with van der Waals surface area (Å²) in [6.07, 6.45) is 2.84. The Hall–Kier alpha value is -3.74. The normalized spacial score (nSPS) is 11.0. The van der Waals surface area contributed by atoms with Crippen LogP contribution in [-0.4, -0.2) is 27.2 Å². The lowest BCUT2D eigenvalue weighted by Gasteiger charge is -2.07. The first kappa shape index (κ1) is 21.5. The van der Waals surface area contributed by atoms with Crippen molar-refractivity contribution in [2.45, 2.75) is 33.1 Å². The minimum atomic E-state index is -0.365. The zero-order valence-electron chi connectivity index (χ0n) is 18.1. The Morgan fingerprint density at radius 3 is 2.59 bits per heavy atom. The number of hydrogen-bond acceptors (Lipinski definition) is 4. The van der Waals surface area contributed by atoms with E-state index in [1.165, 1.54) is 12.3 Å². The molecule has 1 amide bonds. The minimum absolute atomic E-state index is 0.0742. The van der Waals surface area contributed by atoms with Crippen molar-refractivity contribution in [2.24, 2.45) is 0 Å². The second-order valence-electron chi connectivity index (χ2n) is 7.70. The molecule has 2 heterocycles. The maximum absolute atomic E-state index is 13.8. The summed E-state index contributed by atoms with van der Waals surface area (Å²) >= 11 is 0. The van der Waals surface area contributed by atoms with E-state index in [2.05, 4.69) is 27.5 Å². The number of amides is 1. The monoisotopic (exact) mass is 432 g/mol. The Bertz CT molecular complexity index is 1210. The Balaban J connectivity index is 1.23. The number of hydrogen-bond donors (Lipinski definition) is 1. The number of aryl methyl sites for hydroxylation is 3. The van der Waals surface area contributed by atoms with E-state index in [-0.39, 0.29) is 18.1 Å². The van der Waals surface area contributed by atoms with Gasteiger partial charge in [0.15, 0.2) is 11.7 Å². The van der Waals surface area contributed by atoms with Crippen molar-refractivity contribution >= 4 is 5.91 Å². The van der Waals surface area contributed by atoms with Gasteiger partial charge in [0.2, 0.25) is 5.91 Å². The molecule has 2 aromatic carbocycles. The van der Waals surface area contributed by atoms with Crippen LogP contribution in [0.2, 0.25) is 0 Å². The topological polar surface area (TPSA) is 73.0 Å². The van der Waals surface area contributed by atoms with Gasteiger partial charge in [-0.05, 0) is 56.2 Å². The quantitative estimate of drug-likeness (QED) is 0.443. The molecule has 0 aliphatic carbocycles. The highest BCUT2D eigenvalue weighted by Crippen LogP contribution is 2.23. The van der Waals surface area contributed by atoms with Gasteiger partial charge < -0.3 is 9.73 Å². The summed E-state index contributed by atoms with van der Waals surface area (Å²) in [6.45, 7) is 4.55. The fourth-order valence-electron chi connectivity index (χ4n) is 3.56. The molecule has 1 N–H and O–H groups in total. The molecular weight excluding hydrogens is 407 g/mol. The van der Waals surface area contributed by atoms with Crippen LogP contribution in [0.25, 0.3) is 17.0 Å². The lowest BCUT2D eigenvalue weighted by molar-refractivity contribution is -0.121. The molecule has 0 fully saturated rings. The van der Waals surface area contributed by atoms with Gasteiger partial charge in [0.1, 0.15) is 5.82 Å². The number of nitrogens with one attached hydrogen (secondary N) is 1. The van der Waals surface area contributed by atoms with Crippen LogP contribution in [0.15, 0.2) is 65.2 Å². The van der Waals surface area contributed by atoms with Gasteiger partial charge in [0.25, 0.3) is 0 Å². The number of aromatic nitrogens is 3. The number of carbonyl (C=O) groups excluding carboxylic acids is 1. The van der Waals surface area contributed by atoms with Crippen LogP contribution in [0.5, 0.6) is 0 Å². The Morgan fingerprint density at radius 2 is 1.88 bits per heavy atom. The van der Waals surface area contributed by atoms with Gasteiger partial charge in [-0.2, -0.15) is 5.10 Å². The van der Waals surface area contributed by atoms with Crippen molar-refractivity contribution in [3.05, 3.63) is 89.5 Å². The second-order valence-corrected chi connectivity index (χ2v) is 7.70. The zero-order chi connectivity index (χ0) is 22.5. The lowest BCUT2D eigenvalue weighted by Crippen LogP contribution is -2.25. The molecule has 0 aliphatic rings. The first-order valence-corrected chi connectivity index (χ1v) is 10.6. The van der Waals surface area contributed by atoms with E-state index in [9.17, 15) is 9.18 Å². The van der Waals surface area contributed by atoms with Gasteiger partial charge in [-0.25, -0.2) is 14.1 Å². The molecule has 0 spiro atoms. The highest BCUT2D eigenvalue weighted by Gasteiger charge is 2.12. The summed E-state index contributed by atoms with van der Waals surface area (Å²) < 4.78 is 21.4. The van der Waals surface area contributed by atoms with Crippen molar-refractivity contribution < 1.29 is 13.6 Å². The van der Waals surface area contributed by atoms with Gasteiger partial charge in [-0.1, -0.05) is 24.3 Å². The van der Waals surface area contributed by atoms with E-state index < -0.39 is 0 Å². The third kappa shape index (κ3) is 5.11. The fourth-order valence-corrected chi connectivity index (χ4v) is 3.56. The van der Waals surface area contributed by atoms with E-state index in [0.717, 1.165) is 29.1 Å². The first-order valence-electron chi connectivity index (χ1n) is 10.6. The molecule has 0 saturated heterocycles. The van der Waals surface area contributed by atoms with Crippen LogP contribution >= 0.6 is 0 Å². The summed E-state index contributed by atoms with van der Waals surface area (Å²) in [5.74, 6) is 0.339. The van der Waals surface area contributed by atoms with Crippen LogP contribution < -0.4 is 5.32 Å². The molecule has 32 heavy (non-hydrogen) atoms. The summed E-state index contributed by atoms with van der Waals surface area (Å²) in [7, 11) is 0. The molecule has 6 nitrogen and oxygen atoms in total. The fraction of sp³-hybridized carbons (Fsp3) is 0.240. The molecular formula is C25H25FN4O2. The van der Waals surface area contributed by atoms with Crippen LogP contribution in [0.4, 0.5) is 4.39 Å². The number of oxazole rings is 1. The maximum atomic E-state index is 13.8. The highest BCUT2D eigenvalue weighted by atomic mass is 19.1. The van der Waals surface area contributed by atoms with Crippen molar-refractivity contribution in [2.75, 3.05) is 6.54 Å². The third-order valence-electron chi connectivity index (χ3n) is 5.19. The predicted molar refractivity (Wildman–Crippen MR) is 120 cm³/mol. The molecule has 4 aromatic rings. The number of nitrogens with zero attached hydrogens (tertiary/aromatic N) is 3. The van der Waals surface area contributed by atoms with Crippen molar-refractivity contribution in [1.29, 1.82) is 0 Å². The van der Waals surface area contributed by atoms with Crippen LogP contribution in [0, 0.1) is 19.7 Å². The summed E-state index contributed by atoms with van der Waals surface area (Å²) in [6, 6.07) is 16.6. The minimum Gasteiger partial charge on any atom is -0.441 e. The average Bonchev–Trinajstić information content (AvgIpc) is 3.39. The molecule has 0 aliphatic heterocycles. The molecule has 2 aromatic heterocycles. The zero-order valence-corrected chi connectivity index (χ0v) is 18.1. The van der Waals surface area contributed by atoms with Crippen molar-refractivity contribution in [1.82, 2.24) is 20.1 Å². The number of halogens is 1. The molecule has 0 unspecified atom stereocenters. The molecule has 0 atom stereocenters. The lowest BCUT2D eigenvalue weighted by atomic mass is 10.1.